The Morgan fingerprint density at radius 2 is 1.77 bits per heavy atom. The van der Waals surface area contributed by atoms with Gasteiger partial charge in [-0.05, 0) is 62.9 Å². The van der Waals surface area contributed by atoms with Gasteiger partial charge in [-0.2, -0.15) is 0 Å². The molecule has 39 heavy (non-hydrogen) atoms. The summed E-state index contributed by atoms with van der Waals surface area (Å²) in [5.41, 5.74) is 2.17. The molecule has 2 aromatic heterocycles. The van der Waals surface area contributed by atoms with E-state index in [2.05, 4.69) is 10.3 Å². The van der Waals surface area contributed by atoms with Crippen molar-refractivity contribution >= 4 is 22.9 Å². The van der Waals surface area contributed by atoms with Gasteiger partial charge in [0.05, 0.1) is 38.2 Å². The van der Waals surface area contributed by atoms with Crippen molar-refractivity contribution in [3.8, 4) is 11.5 Å². The van der Waals surface area contributed by atoms with Gasteiger partial charge in [-0.25, -0.2) is 9.78 Å². The third-order valence-electron chi connectivity index (χ3n) is 6.67. The number of ether oxygens (including phenoxy) is 3. The van der Waals surface area contributed by atoms with E-state index in [0.29, 0.717) is 52.4 Å². The zero-order valence-corrected chi connectivity index (χ0v) is 23.5. The summed E-state index contributed by atoms with van der Waals surface area (Å²) in [6.07, 6.45) is 0.349. The second kappa shape index (κ2) is 12.6. The van der Waals surface area contributed by atoms with Crippen LogP contribution in [0.25, 0.3) is 11.0 Å². The maximum atomic E-state index is 13.1. The minimum absolute atomic E-state index is 0.0592. The SMILES string of the molecule is CCOC(=O)C[C@H](NC(=O)CCc1c(C)nc2c(c1C)c(=O)n(C)c(=O)n2C)c1ccc(OCC)c(OC)c1. The zero-order chi connectivity index (χ0) is 28.9. The first-order chi connectivity index (χ1) is 18.5. The largest absolute Gasteiger partial charge is 0.493 e. The maximum absolute atomic E-state index is 13.1. The van der Waals surface area contributed by atoms with Gasteiger partial charge in [0.2, 0.25) is 5.91 Å². The Balaban J connectivity index is 1.88. The fraction of sp³-hybridized carbons (Fsp3) is 0.464. The number of carbonyl (C=O) groups excluding carboxylic acids is 2. The molecule has 11 heteroatoms. The van der Waals surface area contributed by atoms with Crippen molar-refractivity contribution < 1.29 is 23.8 Å². The third-order valence-corrected chi connectivity index (χ3v) is 6.67. The highest BCUT2D eigenvalue weighted by atomic mass is 16.5. The number of rotatable bonds is 11. The average molecular weight is 541 g/mol. The standard InChI is InChI=1S/C28H36N4O7/c1-8-38-21-12-10-18(14-22(21)37-7)20(15-24(34)39-9-2)30-23(33)13-11-19-16(3)25-26(29-17(19)4)31(5)28(36)32(6)27(25)35/h10,12,14,20H,8-9,11,13,15H2,1-7H3,(H,30,33)/t20-/m0/s1. The van der Waals surface area contributed by atoms with Crippen LogP contribution in [0.2, 0.25) is 0 Å². The molecule has 0 bridgehead atoms. The van der Waals surface area contributed by atoms with E-state index in [1.807, 2.05) is 6.92 Å². The van der Waals surface area contributed by atoms with Gasteiger partial charge < -0.3 is 19.5 Å². The molecule has 2 heterocycles. The number of fused-ring (bicyclic) bond motifs is 1. The number of nitrogens with one attached hydrogen (secondary N) is 1. The summed E-state index contributed by atoms with van der Waals surface area (Å²) in [6, 6.07) is 4.60. The summed E-state index contributed by atoms with van der Waals surface area (Å²) >= 11 is 0. The molecule has 0 aliphatic carbocycles. The monoisotopic (exact) mass is 540 g/mol. The minimum Gasteiger partial charge on any atom is -0.493 e. The molecule has 0 saturated carbocycles. The molecular formula is C28H36N4O7. The van der Waals surface area contributed by atoms with Gasteiger partial charge in [0.25, 0.3) is 5.56 Å². The Labute approximate surface area is 226 Å². The predicted octanol–water partition coefficient (Wildman–Crippen LogP) is 2.40. The second-order valence-corrected chi connectivity index (χ2v) is 9.18. The molecule has 3 rings (SSSR count). The molecule has 1 N–H and O–H groups in total. The van der Waals surface area contributed by atoms with Crippen LogP contribution in [0.3, 0.4) is 0 Å². The fourth-order valence-corrected chi connectivity index (χ4v) is 4.63. The van der Waals surface area contributed by atoms with Crippen molar-refractivity contribution in [2.75, 3.05) is 20.3 Å². The molecule has 0 spiro atoms. The normalized spacial score (nSPS) is 11.8. The first-order valence-corrected chi connectivity index (χ1v) is 12.8. The van der Waals surface area contributed by atoms with Gasteiger partial charge in [0.15, 0.2) is 11.5 Å². The lowest BCUT2D eigenvalue weighted by atomic mass is 9.99. The van der Waals surface area contributed by atoms with Crippen molar-refractivity contribution in [2.24, 2.45) is 14.1 Å². The molecule has 0 saturated heterocycles. The van der Waals surface area contributed by atoms with Crippen LogP contribution in [0.5, 0.6) is 11.5 Å². The Bertz CT molecular complexity index is 1510. The Morgan fingerprint density at radius 1 is 1.05 bits per heavy atom. The van der Waals surface area contributed by atoms with Crippen LogP contribution in [-0.4, -0.2) is 46.3 Å². The molecule has 1 amide bonds. The number of esters is 1. The summed E-state index contributed by atoms with van der Waals surface area (Å²) < 4.78 is 18.5. The highest BCUT2D eigenvalue weighted by molar-refractivity contribution is 5.81. The number of methoxy groups -OCH3 is 1. The van der Waals surface area contributed by atoms with Gasteiger partial charge in [-0.15, -0.1) is 0 Å². The minimum atomic E-state index is -0.653. The molecule has 1 atom stereocenters. The lowest BCUT2D eigenvalue weighted by Gasteiger charge is -2.20. The summed E-state index contributed by atoms with van der Waals surface area (Å²) in [4.78, 5) is 55.2. The molecule has 210 valence electrons. The molecule has 11 nitrogen and oxygen atoms in total. The van der Waals surface area contributed by atoms with E-state index in [4.69, 9.17) is 14.2 Å². The number of benzene rings is 1. The van der Waals surface area contributed by atoms with E-state index in [-0.39, 0.29) is 25.4 Å². The number of carbonyl (C=O) groups is 2. The fourth-order valence-electron chi connectivity index (χ4n) is 4.63. The predicted molar refractivity (Wildman–Crippen MR) is 146 cm³/mol. The van der Waals surface area contributed by atoms with E-state index in [0.717, 1.165) is 10.1 Å². The van der Waals surface area contributed by atoms with E-state index in [9.17, 15) is 19.2 Å². The van der Waals surface area contributed by atoms with Crippen LogP contribution in [-0.2, 0) is 34.8 Å². The van der Waals surface area contributed by atoms with E-state index >= 15 is 0 Å². The van der Waals surface area contributed by atoms with E-state index in [1.54, 1.807) is 46.0 Å². The van der Waals surface area contributed by atoms with Crippen LogP contribution in [0.4, 0.5) is 0 Å². The van der Waals surface area contributed by atoms with Gasteiger partial charge in [0.1, 0.15) is 5.65 Å². The lowest BCUT2D eigenvalue weighted by molar-refractivity contribution is -0.143. The van der Waals surface area contributed by atoms with Crippen molar-refractivity contribution in [1.29, 1.82) is 0 Å². The molecule has 0 aliphatic rings. The number of pyridine rings is 1. The third kappa shape index (κ3) is 6.30. The van der Waals surface area contributed by atoms with Crippen LogP contribution < -0.4 is 26.0 Å². The Kier molecular flexibility index (Phi) is 9.50. The topological polar surface area (TPSA) is 131 Å². The molecule has 0 aliphatic heterocycles. The summed E-state index contributed by atoms with van der Waals surface area (Å²) in [6.45, 7) is 7.86. The molecule has 3 aromatic rings. The number of hydrogen-bond donors (Lipinski definition) is 1. The number of aryl methyl sites for hydroxylation is 3. The second-order valence-electron chi connectivity index (χ2n) is 9.18. The quantitative estimate of drug-likeness (QED) is 0.367. The van der Waals surface area contributed by atoms with Gasteiger partial charge in [-0.1, -0.05) is 6.07 Å². The summed E-state index contributed by atoms with van der Waals surface area (Å²) in [5.74, 6) is 0.317. The van der Waals surface area contributed by atoms with Crippen LogP contribution in [0.1, 0.15) is 55.1 Å². The van der Waals surface area contributed by atoms with Crippen molar-refractivity contribution in [1.82, 2.24) is 19.4 Å². The van der Waals surface area contributed by atoms with Gasteiger partial charge in [0, 0.05) is 26.2 Å². The van der Waals surface area contributed by atoms with Crippen LogP contribution in [0, 0.1) is 13.8 Å². The van der Waals surface area contributed by atoms with Crippen LogP contribution in [0.15, 0.2) is 27.8 Å². The van der Waals surface area contributed by atoms with Gasteiger partial charge >= 0.3 is 11.7 Å². The first kappa shape index (κ1) is 29.4. The van der Waals surface area contributed by atoms with Crippen molar-refractivity contribution in [2.45, 2.75) is 53.0 Å². The average Bonchev–Trinajstić information content (AvgIpc) is 2.90. The van der Waals surface area contributed by atoms with Crippen molar-refractivity contribution in [3.63, 3.8) is 0 Å². The maximum Gasteiger partial charge on any atom is 0.332 e. The molecule has 1 aromatic carbocycles. The van der Waals surface area contributed by atoms with Crippen molar-refractivity contribution in [3.05, 3.63) is 61.4 Å². The van der Waals surface area contributed by atoms with Crippen LogP contribution >= 0.6 is 0 Å². The molecule has 0 unspecified atom stereocenters. The zero-order valence-electron chi connectivity index (χ0n) is 23.5. The van der Waals surface area contributed by atoms with E-state index < -0.39 is 23.3 Å². The summed E-state index contributed by atoms with van der Waals surface area (Å²) in [7, 11) is 4.52. The first-order valence-electron chi connectivity index (χ1n) is 12.8. The molecular weight excluding hydrogens is 504 g/mol. The highest BCUT2D eigenvalue weighted by Crippen LogP contribution is 2.31. The summed E-state index contributed by atoms with van der Waals surface area (Å²) in [5, 5.41) is 3.29. The lowest BCUT2D eigenvalue weighted by Crippen LogP contribution is -2.38. The number of nitrogens with zero attached hydrogens (tertiary/aromatic N) is 3. The smallest absolute Gasteiger partial charge is 0.332 e. The number of amides is 1. The number of hydrogen-bond acceptors (Lipinski definition) is 8. The molecule has 0 fully saturated rings. The molecule has 0 radical (unpaired) electrons. The van der Waals surface area contributed by atoms with Gasteiger partial charge in [-0.3, -0.25) is 23.5 Å². The Morgan fingerprint density at radius 3 is 2.41 bits per heavy atom. The van der Waals surface area contributed by atoms with E-state index in [1.165, 1.54) is 18.7 Å². The highest BCUT2D eigenvalue weighted by Gasteiger charge is 2.22. The Hall–Kier alpha value is -4.15. The number of aromatic nitrogens is 3.